The maximum Gasteiger partial charge on any atom is 0.274 e. The van der Waals surface area contributed by atoms with Crippen molar-refractivity contribution in [3.63, 3.8) is 0 Å². The van der Waals surface area contributed by atoms with Crippen molar-refractivity contribution < 1.29 is 14.4 Å². The molecular weight excluding hydrogens is 566 g/mol. The van der Waals surface area contributed by atoms with Crippen molar-refractivity contribution in [3.05, 3.63) is 118 Å². The van der Waals surface area contributed by atoms with E-state index in [-0.39, 0.29) is 34.2 Å². The molecule has 0 aliphatic rings. The lowest BCUT2D eigenvalue weighted by Gasteiger charge is -2.19. The molecular formula is C36H39N5O4. The minimum absolute atomic E-state index is 0.0122. The average Bonchev–Trinajstić information content (AvgIpc) is 2.99. The fourth-order valence-corrected chi connectivity index (χ4v) is 4.84. The molecule has 9 heteroatoms. The number of nitrogens with one attached hydrogen (secondary N) is 3. The first-order valence-electron chi connectivity index (χ1n) is 14.5. The highest BCUT2D eigenvalue weighted by molar-refractivity contribution is 6.07. The maximum atomic E-state index is 13.2. The molecule has 0 saturated carbocycles. The number of pyridine rings is 1. The highest BCUT2D eigenvalue weighted by atomic mass is 16.2. The molecule has 0 radical (unpaired) electrons. The number of carbonyl (C=O) groups excluding carboxylic acids is 3. The Bertz CT molecular complexity index is 1850. The summed E-state index contributed by atoms with van der Waals surface area (Å²) in [7, 11) is 4.90. The Morgan fingerprint density at radius 2 is 1.58 bits per heavy atom. The van der Waals surface area contributed by atoms with Crippen molar-refractivity contribution in [2.45, 2.75) is 33.1 Å². The third-order valence-corrected chi connectivity index (χ3v) is 7.47. The lowest BCUT2D eigenvalue weighted by molar-refractivity contribution is -0.111. The van der Waals surface area contributed by atoms with E-state index < -0.39 is 5.91 Å². The SMILES string of the molecule is C=CC(=O)Nc1cc(Nc2cc(-c3cccc(NC(=O)c4ccc(C(C)(C)C)cc4)c3C)cn(C)c2=O)ccc1C(=O)N(C)C. The molecule has 1 heterocycles. The predicted molar refractivity (Wildman–Crippen MR) is 182 cm³/mol. The van der Waals surface area contributed by atoms with Gasteiger partial charge in [-0.15, -0.1) is 0 Å². The summed E-state index contributed by atoms with van der Waals surface area (Å²) in [5.41, 5.74) is 5.85. The number of rotatable bonds is 8. The van der Waals surface area contributed by atoms with E-state index in [0.29, 0.717) is 22.5 Å². The van der Waals surface area contributed by atoms with Crippen LogP contribution >= 0.6 is 0 Å². The average molecular weight is 606 g/mol. The van der Waals surface area contributed by atoms with Crippen LogP contribution in [-0.2, 0) is 17.3 Å². The summed E-state index contributed by atoms with van der Waals surface area (Å²) in [6, 6.07) is 19.8. The van der Waals surface area contributed by atoms with Crippen LogP contribution in [0.4, 0.5) is 22.7 Å². The smallest absolute Gasteiger partial charge is 0.274 e. The molecule has 3 N–H and O–H groups in total. The van der Waals surface area contributed by atoms with Gasteiger partial charge in [0.25, 0.3) is 17.4 Å². The summed E-state index contributed by atoms with van der Waals surface area (Å²) >= 11 is 0. The van der Waals surface area contributed by atoms with Crippen molar-refractivity contribution in [2.24, 2.45) is 7.05 Å². The van der Waals surface area contributed by atoms with Gasteiger partial charge in [0, 0.05) is 49.8 Å². The minimum atomic E-state index is -0.470. The number of aromatic nitrogens is 1. The van der Waals surface area contributed by atoms with Crippen LogP contribution in [0.2, 0.25) is 0 Å². The maximum absolute atomic E-state index is 13.2. The first-order valence-corrected chi connectivity index (χ1v) is 14.5. The summed E-state index contributed by atoms with van der Waals surface area (Å²) in [6.07, 6.45) is 2.85. The van der Waals surface area contributed by atoms with E-state index in [9.17, 15) is 19.2 Å². The molecule has 232 valence electrons. The third-order valence-electron chi connectivity index (χ3n) is 7.47. The van der Waals surface area contributed by atoms with Crippen molar-refractivity contribution in [1.82, 2.24) is 9.47 Å². The lowest BCUT2D eigenvalue weighted by atomic mass is 9.86. The second-order valence-corrected chi connectivity index (χ2v) is 12.1. The summed E-state index contributed by atoms with van der Waals surface area (Å²) < 4.78 is 1.48. The molecule has 45 heavy (non-hydrogen) atoms. The van der Waals surface area contributed by atoms with E-state index in [1.54, 1.807) is 51.6 Å². The molecule has 0 spiro atoms. The van der Waals surface area contributed by atoms with E-state index in [1.807, 2.05) is 49.4 Å². The van der Waals surface area contributed by atoms with Crippen LogP contribution in [0, 0.1) is 6.92 Å². The van der Waals surface area contributed by atoms with E-state index >= 15 is 0 Å². The van der Waals surface area contributed by atoms with Crippen LogP contribution < -0.4 is 21.5 Å². The summed E-state index contributed by atoms with van der Waals surface area (Å²) in [5.74, 6) is -0.973. The van der Waals surface area contributed by atoms with Crippen molar-refractivity contribution in [2.75, 3.05) is 30.0 Å². The van der Waals surface area contributed by atoms with Crippen LogP contribution in [0.25, 0.3) is 11.1 Å². The topological polar surface area (TPSA) is 113 Å². The molecule has 9 nitrogen and oxygen atoms in total. The Morgan fingerprint density at radius 3 is 2.20 bits per heavy atom. The van der Waals surface area contributed by atoms with E-state index in [1.165, 1.54) is 9.47 Å². The normalized spacial score (nSPS) is 11.0. The van der Waals surface area contributed by atoms with Gasteiger partial charge >= 0.3 is 0 Å². The monoisotopic (exact) mass is 605 g/mol. The number of anilines is 4. The molecule has 3 amide bonds. The van der Waals surface area contributed by atoms with Crippen molar-refractivity contribution >= 4 is 40.5 Å². The molecule has 4 rings (SSSR count). The van der Waals surface area contributed by atoms with Crippen LogP contribution in [0.15, 0.2) is 90.4 Å². The third kappa shape index (κ3) is 7.38. The Kier molecular flexibility index (Phi) is 9.42. The highest BCUT2D eigenvalue weighted by Gasteiger charge is 2.18. The molecule has 3 aromatic carbocycles. The zero-order valence-electron chi connectivity index (χ0n) is 26.7. The molecule has 0 aliphatic carbocycles. The van der Waals surface area contributed by atoms with Crippen molar-refractivity contribution in [3.8, 4) is 11.1 Å². The first kappa shape index (κ1) is 32.5. The molecule has 0 bridgehead atoms. The standard InChI is InChI=1S/C36H39N5O4/c1-9-32(42)38-30-20-26(17-18-28(30)34(44)40(6)7)37-31-19-24(21-41(8)35(31)45)27-11-10-12-29(22(27)2)39-33(43)23-13-15-25(16-14-23)36(3,4)5/h9-21,37H,1H2,2-8H3,(H,38,42)(H,39,43). The zero-order valence-corrected chi connectivity index (χ0v) is 26.7. The van der Waals surface area contributed by atoms with E-state index in [2.05, 4.69) is 43.3 Å². The summed E-state index contributed by atoms with van der Waals surface area (Å²) in [4.78, 5) is 52.5. The van der Waals surface area contributed by atoms with Crippen LogP contribution in [-0.4, -0.2) is 41.3 Å². The molecule has 4 aromatic rings. The zero-order chi connectivity index (χ0) is 33.1. The fourth-order valence-electron chi connectivity index (χ4n) is 4.84. The Balaban J connectivity index is 1.66. The molecule has 0 unspecified atom stereocenters. The lowest BCUT2D eigenvalue weighted by Crippen LogP contribution is -2.24. The van der Waals surface area contributed by atoms with E-state index in [0.717, 1.165) is 28.3 Å². The summed E-state index contributed by atoms with van der Waals surface area (Å²) in [5, 5.41) is 8.85. The van der Waals surface area contributed by atoms with Gasteiger partial charge in [-0.05, 0) is 77.6 Å². The number of benzene rings is 3. The number of hydrogen-bond acceptors (Lipinski definition) is 5. The number of hydrogen-bond donors (Lipinski definition) is 3. The summed E-state index contributed by atoms with van der Waals surface area (Å²) in [6.45, 7) is 11.8. The van der Waals surface area contributed by atoms with Crippen LogP contribution in [0.3, 0.4) is 0 Å². The van der Waals surface area contributed by atoms with Gasteiger partial charge in [-0.3, -0.25) is 19.2 Å². The van der Waals surface area contributed by atoms with Gasteiger partial charge in [0.1, 0.15) is 5.69 Å². The highest BCUT2D eigenvalue weighted by Crippen LogP contribution is 2.31. The van der Waals surface area contributed by atoms with Gasteiger partial charge in [0.05, 0.1) is 11.3 Å². The van der Waals surface area contributed by atoms with Gasteiger partial charge in [-0.25, -0.2) is 0 Å². The van der Waals surface area contributed by atoms with Gasteiger partial charge in [-0.2, -0.15) is 0 Å². The van der Waals surface area contributed by atoms with Crippen LogP contribution in [0.1, 0.15) is 52.6 Å². The number of aryl methyl sites for hydroxylation is 1. The second kappa shape index (κ2) is 13.1. The van der Waals surface area contributed by atoms with Gasteiger partial charge < -0.3 is 25.4 Å². The van der Waals surface area contributed by atoms with Gasteiger partial charge in [0.2, 0.25) is 5.91 Å². The number of nitrogens with zero attached hydrogens (tertiary/aromatic N) is 2. The van der Waals surface area contributed by atoms with E-state index in [4.69, 9.17) is 0 Å². The molecule has 0 atom stereocenters. The minimum Gasteiger partial charge on any atom is -0.351 e. The Labute approximate surface area is 263 Å². The largest absolute Gasteiger partial charge is 0.351 e. The molecule has 0 aliphatic heterocycles. The molecule has 0 saturated heterocycles. The molecule has 0 fully saturated rings. The number of amides is 3. The first-order chi connectivity index (χ1) is 21.2. The fraction of sp³-hybridized carbons (Fsp3) is 0.222. The van der Waals surface area contributed by atoms with Crippen LogP contribution in [0.5, 0.6) is 0 Å². The Morgan fingerprint density at radius 1 is 0.889 bits per heavy atom. The van der Waals surface area contributed by atoms with Gasteiger partial charge in [-0.1, -0.05) is 51.6 Å². The van der Waals surface area contributed by atoms with Gasteiger partial charge in [0.15, 0.2) is 0 Å². The number of carbonyl (C=O) groups is 3. The van der Waals surface area contributed by atoms with Crippen molar-refractivity contribution in [1.29, 1.82) is 0 Å². The Hall–Kier alpha value is -5.44. The second-order valence-electron chi connectivity index (χ2n) is 12.1. The molecule has 1 aromatic heterocycles. The predicted octanol–water partition coefficient (Wildman–Crippen LogP) is 6.48. The quantitative estimate of drug-likeness (QED) is 0.199.